The maximum atomic E-state index is 11.7. The van der Waals surface area contributed by atoms with Crippen LogP contribution in [0.4, 0.5) is 5.13 Å². The van der Waals surface area contributed by atoms with Crippen molar-refractivity contribution in [3.63, 3.8) is 0 Å². The molecule has 1 aromatic rings. The number of carbonyl (C=O) groups is 1. The second kappa shape index (κ2) is 4.95. The molecule has 2 N–H and O–H groups in total. The Morgan fingerprint density at radius 1 is 1.67 bits per heavy atom. The van der Waals surface area contributed by atoms with E-state index in [0.717, 1.165) is 5.69 Å². The molecular formula is C12H19N3O2S. The molecule has 100 valence electrons. The summed E-state index contributed by atoms with van der Waals surface area (Å²) in [6.07, 6.45) is 0. The van der Waals surface area contributed by atoms with Crippen molar-refractivity contribution in [2.75, 3.05) is 25.0 Å². The first-order chi connectivity index (χ1) is 8.39. The number of nitrogens with zero attached hydrogens (tertiary/aromatic N) is 2. The third kappa shape index (κ3) is 2.88. The molecule has 1 aromatic heterocycles. The molecule has 2 heterocycles. The average Bonchev–Trinajstić information content (AvgIpc) is 2.61. The molecule has 6 heteroatoms. The van der Waals surface area contributed by atoms with Crippen molar-refractivity contribution in [1.82, 2.24) is 9.88 Å². The number of amides is 1. The van der Waals surface area contributed by atoms with Crippen LogP contribution in [0.5, 0.6) is 0 Å². The number of thiazole rings is 1. The monoisotopic (exact) mass is 269 g/mol. The predicted octanol–water partition coefficient (Wildman–Crippen LogP) is 1.09. The van der Waals surface area contributed by atoms with E-state index >= 15 is 0 Å². The third-order valence-corrected chi connectivity index (χ3v) is 4.18. The summed E-state index contributed by atoms with van der Waals surface area (Å²) < 4.78 is 0. The van der Waals surface area contributed by atoms with Crippen LogP contribution in [0.2, 0.25) is 0 Å². The zero-order valence-electron chi connectivity index (χ0n) is 10.9. The number of aromatic nitrogens is 1. The Bertz CT molecular complexity index is 438. The summed E-state index contributed by atoms with van der Waals surface area (Å²) in [6.45, 7) is 7.33. The van der Waals surface area contributed by atoms with Crippen LogP contribution in [0.1, 0.15) is 19.5 Å². The van der Waals surface area contributed by atoms with E-state index < -0.39 is 5.60 Å². The van der Waals surface area contributed by atoms with Gasteiger partial charge in [0.25, 0.3) is 0 Å². The molecule has 1 aliphatic rings. The first-order valence-corrected chi connectivity index (χ1v) is 6.94. The minimum Gasteiger partial charge on any atom is -0.387 e. The zero-order chi connectivity index (χ0) is 13.3. The van der Waals surface area contributed by atoms with E-state index in [9.17, 15) is 9.90 Å². The van der Waals surface area contributed by atoms with Crippen molar-refractivity contribution in [2.24, 2.45) is 5.92 Å². The van der Waals surface area contributed by atoms with Gasteiger partial charge < -0.3 is 10.4 Å². The van der Waals surface area contributed by atoms with Crippen LogP contribution in [-0.2, 0) is 4.79 Å². The van der Waals surface area contributed by atoms with Crippen LogP contribution in [0.3, 0.4) is 0 Å². The minimum absolute atomic E-state index is 0.0739. The van der Waals surface area contributed by atoms with Crippen molar-refractivity contribution in [3.8, 4) is 0 Å². The predicted molar refractivity (Wildman–Crippen MR) is 71.7 cm³/mol. The molecule has 1 saturated heterocycles. The molecule has 1 aliphatic heterocycles. The molecule has 0 aliphatic carbocycles. The fourth-order valence-electron chi connectivity index (χ4n) is 1.98. The van der Waals surface area contributed by atoms with E-state index in [1.807, 2.05) is 31.1 Å². The number of aryl methyl sites for hydroxylation is 1. The second-order valence-corrected chi connectivity index (χ2v) is 6.10. The van der Waals surface area contributed by atoms with Crippen LogP contribution >= 0.6 is 11.3 Å². The van der Waals surface area contributed by atoms with Gasteiger partial charge in [-0.05, 0) is 12.8 Å². The summed E-state index contributed by atoms with van der Waals surface area (Å²) in [5, 5.41) is 15.4. The molecule has 0 unspecified atom stereocenters. The quantitative estimate of drug-likeness (QED) is 0.859. The molecule has 0 bridgehead atoms. The van der Waals surface area contributed by atoms with Crippen molar-refractivity contribution in [2.45, 2.75) is 26.4 Å². The van der Waals surface area contributed by atoms with Crippen molar-refractivity contribution in [3.05, 3.63) is 11.1 Å². The molecule has 0 atom stereocenters. The van der Waals surface area contributed by atoms with Crippen LogP contribution in [-0.4, -0.2) is 46.1 Å². The molecule has 18 heavy (non-hydrogen) atoms. The van der Waals surface area contributed by atoms with Gasteiger partial charge in [-0.3, -0.25) is 9.69 Å². The number of likely N-dealkylation sites (tertiary alicyclic amines) is 1. The van der Waals surface area contributed by atoms with Gasteiger partial charge in [0.15, 0.2) is 5.13 Å². The van der Waals surface area contributed by atoms with Crippen molar-refractivity contribution < 1.29 is 9.90 Å². The summed E-state index contributed by atoms with van der Waals surface area (Å²) in [7, 11) is 0. The fourth-order valence-corrected chi connectivity index (χ4v) is 2.68. The van der Waals surface area contributed by atoms with E-state index in [1.54, 1.807) is 0 Å². The number of hydrogen-bond donors (Lipinski definition) is 2. The van der Waals surface area contributed by atoms with E-state index in [-0.39, 0.29) is 11.8 Å². The molecule has 0 aromatic carbocycles. The molecule has 1 amide bonds. The van der Waals surface area contributed by atoms with Crippen LogP contribution in [0.25, 0.3) is 0 Å². The largest absolute Gasteiger partial charge is 0.387 e. The first-order valence-electron chi connectivity index (χ1n) is 6.06. The number of rotatable bonds is 4. The molecule has 0 radical (unpaired) electrons. The van der Waals surface area contributed by atoms with Gasteiger partial charge in [-0.25, -0.2) is 4.98 Å². The lowest BCUT2D eigenvalue weighted by Gasteiger charge is -2.48. The Hall–Kier alpha value is -0.980. The van der Waals surface area contributed by atoms with Crippen LogP contribution < -0.4 is 5.32 Å². The molecule has 5 nitrogen and oxygen atoms in total. The van der Waals surface area contributed by atoms with Crippen LogP contribution in [0, 0.1) is 12.8 Å². The number of nitrogens with one attached hydrogen (secondary N) is 1. The standard InChI is InChI=1S/C12H19N3O2S/c1-8(2)12(17)6-15(7-12)4-10(16)14-11-13-9(3)5-18-11/h5,8,17H,4,6-7H2,1-3H3,(H,13,14,16). The topological polar surface area (TPSA) is 65.5 Å². The molecule has 1 fully saturated rings. The van der Waals surface area contributed by atoms with Crippen molar-refractivity contribution in [1.29, 1.82) is 0 Å². The fraction of sp³-hybridized carbons (Fsp3) is 0.667. The van der Waals surface area contributed by atoms with Crippen LogP contribution in [0.15, 0.2) is 5.38 Å². The number of carbonyl (C=O) groups excluding carboxylic acids is 1. The first kappa shape index (κ1) is 13.5. The highest BCUT2D eigenvalue weighted by Gasteiger charge is 2.43. The number of aliphatic hydroxyl groups is 1. The summed E-state index contributed by atoms with van der Waals surface area (Å²) in [5.74, 6) is 0.147. The lowest BCUT2D eigenvalue weighted by molar-refractivity contribution is -0.139. The Morgan fingerprint density at radius 2 is 2.33 bits per heavy atom. The normalized spacial score (nSPS) is 18.7. The lowest BCUT2D eigenvalue weighted by Crippen LogP contribution is -2.65. The average molecular weight is 269 g/mol. The smallest absolute Gasteiger partial charge is 0.240 e. The van der Waals surface area contributed by atoms with Gasteiger partial charge >= 0.3 is 0 Å². The van der Waals surface area contributed by atoms with Gasteiger partial charge in [0.2, 0.25) is 5.91 Å². The van der Waals surface area contributed by atoms with Gasteiger partial charge in [0.05, 0.1) is 17.8 Å². The Morgan fingerprint density at radius 3 is 2.83 bits per heavy atom. The third-order valence-electron chi connectivity index (χ3n) is 3.30. The highest BCUT2D eigenvalue weighted by atomic mass is 32.1. The van der Waals surface area contributed by atoms with E-state index in [4.69, 9.17) is 0 Å². The summed E-state index contributed by atoms with van der Waals surface area (Å²) >= 11 is 1.42. The maximum Gasteiger partial charge on any atom is 0.240 e. The van der Waals surface area contributed by atoms with Gasteiger partial charge in [-0.1, -0.05) is 13.8 Å². The Labute approximate surface area is 111 Å². The lowest BCUT2D eigenvalue weighted by atomic mass is 9.83. The van der Waals surface area contributed by atoms with Gasteiger partial charge in [0, 0.05) is 18.5 Å². The number of β-amino-alcohol motifs (C(OH)–C–C–N with tert-alkyl or cyclic N) is 1. The highest BCUT2D eigenvalue weighted by molar-refractivity contribution is 7.13. The molecule has 2 rings (SSSR count). The molecular weight excluding hydrogens is 250 g/mol. The Balaban J connectivity index is 1.77. The van der Waals surface area contributed by atoms with Crippen molar-refractivity contribution >= 4 is 22.4 Å². The second-order valence-electron chi connectivity index (χ2n) is 5.25. The number of anilines is 1. The molecule has 0 spiro atoms. The summed E-state index contributed by atoms with van der Waals surface area (Å²) in [5.41, 5.74) is 0.284. The Kier molecular flexibility index (Phi) is 3.70. The highest BCUT2D eigenvalue weighted by Crippen LogP contribution is 2.28. The van der Waals surface area contributed by atoms with Gasteiger partial charge in [-0.15, -0.1) is 11.3 Å². The van der Waals surface area contributed by atoms with Gasteiger partial charge in [0.1, 0.15) is 0 Å². The summed E-state index contributed by atoms with van der Waals surface area (Å²) in [4.78, 5) is 17.9. The summed E-state index contributed by atoms with van der Waals surface area (Å²) in [6, 6.07) is 0. The van der Waals surface area contributed by atoms with E-state index in [1.165, 1.54) is 11.3 Å². The minimum atomic E-state index is -0.627. The molecule has 0 saturated carbocycles. The SMILES string of the molecule is Cc1csc(NC(=O)CN2CC(O)(C(C)C)C2)n1. The van der Waals surface area contributed by atoms with Gasteiger partial charge in [-0.2, -0.15) is 0 Å². The van der Waals surface area contributed by atoms with E-state index in [0.29, 0.717) is 24.8 Å². The maximum absolute atomic E-state index is 11.7. The van der Waals surface area contributed by atoms with E-state index in [2.05, 4.69) is 10.3 Å². The number of hydrogen-bond acceptors (Lipinski definition) is 5. The zero-order valence-corrected chi connectivity index (χ0v) is 11.8.